The summed E-state index contributed by atoms with van der Waals surface area (Å²) in [5.74, 6) is -4.59. The third kappa shape index (κ3) is 10.2. The zero-order valence-electron chi connectivity index (χ0n) is 27.5. The van der Waals surface area contributed by atoms with Crippen LogP contribution in [-0.2, 0) is 30.4 Å². The van der Waals surface area contributed by atoms with Gasteiger partial charge in [0.15, 0.2) is 6.17 Å². The van der Waals surface area contributed by atoms with Gasteiger partial charge in [-0.3, -0.25) is 19.2 Å². The van der Waals surface area contributed by atoms with Crippen molar-refractivity contribution in [3.05, 3.63) is 47.5 Å². The van der Waals surface area contributed by atoms with Crippen LogP contribution < -0.4 is 27.4 Å². The number of benzene rings is 2. The quantitative estimate of drug-likeness (QED) is 0.136. The van der Waals surface area contributed by atoms with Gasteiger partial charge in [-0.2, -0.15) is 0 Å². The Hall–Kier alpha value is -4.69. The minimum atomic E-state index is -1.69. The molecular weight excluding hydrogens is 620 g/mol. The van der Waals surface area contributed by atoms with Crippen molar-refractivity contribution in [2.45, 2.75) is 95.4 Å². The lowest BCUT2D eigenvalue weighted by Gasteiger charge is -2.32. The molecule has 14 nitrogen and oxygen atoms in total. The minimum absolute atomic E-state index is 0.110. The summed E-state index contributed by atoms with van der Waals surface area (Å²) >= 11 is 0. The number of carboxylic acids is 1. The molecule has 10 N–H and O–H groups in total. The van der Waals surface area contributed by atoms with Crippen molar-refractivity contribution in [1.82, 2.24) is 20.9 Å². The van der Waals surface area contributed by atoms with Crippen molar-refractivity contribution in [2.24, 2.45) is 11.5 Å². The Kier molecular flexibility index (Phi) is 14.2. The van der Waals surface area contributed by atoms with Gasteiger partial charge in [0.1, 0.15) is 29.6 Å². The molecule has 2 aromatic carbocycles. The fraction of sp³-hybridized carbons (Fsp3) is 0.500. The van der Waals surface area contributed by atoms with Crippen LogP contribution >= 0.6 is 0 Å². The molecule has 0 aliphatic carbocycles. The van der Waals surface area contributed by atoms with Crippen molar-refractivity contribution in [2.75, 3.05) is 13.6 Å². The predicted octanol–water partition coefficient (Wildman–Crippen LogP) is 1.77. The maximum Gasteiger partial charge on any atom is 0.326 e. The summed E-state index contributed by atoms with van der Waals surface area (Å²) in [6.45, 7) is 2.49. The molecule has 3 rings (SSSR count). The summed E-state index contributed by atoms with van der Waals surface area (Å²) in [5.41, 5.74) is 12.5. The van der Waals surface area contributed by atoms with Crippen LogP contribution in [-0.4, -0.2) is 81.7 Å². The average molecular weight is 669 g/mol. The van der Waals surface area contributed by atoms with E-state index in [0.717, 1.165) is 30.6 Å². The molecule has 4 bridgehead atoms. The van der Waals surface area contributed by atoms with Gasteiger partial charge in [0.25, 0.3) is 5.91 Å². The second-order valence-corrected chi connectivity index (χ2v) is 12.1. The Balaban J connectivity index is 2.04. The van der Waals surface area contributed by atoms with Gasteiger partial charge < -0.3 is 47.6 Å². The monoisotopic (exact) mass is 668 g/mol. The Morgan fingerprint density at radius 2 is 1.60 bits per heavy atom. The zero-order chi connectivity index (χ0) is 35.4. The number of aliphatic carboxylic acids is 1. The molecule has 262 valence electrons. The number of likely N-dealkylation sites (N-methyl/N-ethyl adjacent to an activating group) is 1. The number of hydrogen-bond acceptors (Lipinski definition) is 9. The molecule has 4 atom stereocenters. The van der Waals surface area contributed by atoms with E-state index in [1.54, 1.807) is 0 Å². The number of fused-ring (bicyclic) bond motifs is 5. The maximum atomic E-state index is 14.1. The maximum absolute atomic E-state index is 14.1. The van der Waals surface area contributed by atoms with Crippen LogP contribution in [0.2, 0.25) is 0 Å². The fourth-order valence-corrected chi connectivity index (χ4v) is 5.69. The fourth-order valence-electron chi connectivity index (χ4n) is 5.69. The Labute approximate surface area is 280 Å². The number of hydrogen-bond donors (Lipinski definition) is 8. The molecule has 4 amide bonds. The van der Waals surface area contributed by atoms with Gasteiger partial charge in [-0.15, -0.1) is 0 Å². The van der Waals surface area contributed by atoms with E-state index in [1.807, 2.05) is 0 Å². The van der Waals surface area contributed by atoms with Gasteiger partial charge >= 0.3 is 5.97 Å². The number of nitrogens with zero attached hydrogens (tertiary/aromatic N) is 1. The standard InChI is InChI=1S/C34H48N6O8/c1-3-4-5-6-7-11-28(43)37-24(10-8-9-16-35)33(46)40(2)29-21-13-15-27(42)23(19-21)22-17-20(12-14-26(22)41)18-25(34(47)48)38-32(45)30(36)39-31(29)44/h12-15,17,19,24-25,29-30,41-42H,3-11,16,18,35-36H2,1-2H3,(H,37,43)(H,38,45)(H,39,44)(H,47,48). The van der Waals surface area contributed by atoms with E-state index in [2.05, 4.69) is 22.9 Å². The van der Waals surface area contributed by atoms with E-state index >= 15 is 0 Å². The highest BCUT2D eigenvalue weighted by Crippen LogP contribution is 2.38. The van der Waals surface area contributed by atoms with Crippen LogP contribution in [0.25, 0.3) is 11.1 Å². The zero-order valence-corrected chi connectivity index (χ0v) is 27.5. The van der Waals surface area contributed by atoms with Gasteiger partial charge in [0.05, 0.1) is 0 Å². The highest BCUT2D eigenvalue weighted by atomic mass is 16.4. The van der Waals surface area contributed by atoms with Crippen LogP contribution in [0.4, 0.5) is 0 Å². The summed E-state index contributed by atoms with van der Waals surface area (Å²) in [6, 6.07) is 4.56. The number of rotatable bonds is 14. The van der Waals surface area contributed by atoms with Crippen molar-refractivity contribution in [3.63, 3.8) is 0 Å². The highest BCUT2D eigenvalue weighted by molar-refractivity contribution is 5.95. The molecule has 0 fully saturated rings. The molecule has 4 unspecified atom stereocenters. The van der Waals surface area contributed by atoms with Crippen LogP contribution in [0.15, 0.2) is 36.4 Å². The van der Waals surface area contributed by atoms with Crippen molar-refractivity contribution in [1.29, 1.82) is 0 Å². The largest absolute Gasteiger partial charge is 0.507 e. The molecule has 0 aromatic heterocycles. The number of amides is 4. The van der Waals surface area contributed by atoms with E-state index in [9.17, 15) is 39.3 Å². The van der Waals surface area contributed by atoms with Gasteiger partial charge in [-0.25, -0.2) is 4.79 Å². The van der Waals surface area contributed by atoms with Crippen LogP contribution in [0.1, 0.15) is 81.9 Å². The summed E-state index contributed by atoms with van der Waals surface area (Å²) in [4.78, 5) is 66.9. The van der Waals surface area contributed by atoms with Crippen LogP contribution in [0.3, 0.4) is 0 Å². The molecule has 48 heavy (non-hydrogen) atoms. The number of aromatic hydroxyl groups is 2. The van der Waals surface area contributed by atoms with Gasteiger partial charge in [-0.05, 0) is 67.6 Å². The normalized spacial score (nSPS) is 18.5. The number of unbranched alkanes of at least 4 members (excludes halogenated alkanes) is 5. The van der Waals surface area contributed by atoms with Gasteiger partial charge in [0, 0.05) is 31.0 Å². The Morgan fingerprint density at radius 1 is 0.938 bits per heavy atom. The first-order valence-electron chi connectivity index (χ1n) is 16.4. The molecule has 0 saturated heterocycles. The molecule has 0 spiro atoms. The molecule has 14 heteroatoms. The molecule has 2 aromatic rings. The third-order valence-corrected chi connectivity index (χ3v) is 8.39. The number of carbonyl (C=O) groups excluding carboxylic acids is 4. The van der Waals surface area contributed by atoms with E-state index < -0.39 is 48.0 Å². The molecule has 1 heterocycles. The molecule has 1 aliphatic rings. The molecule has 1 aliphatic heterocycles. The predicted molar refractivity (Wildman–Crippen MR) is 178 cm³/mol. The SMILES string of the molecule is CCCCCCCC(=O)NC(CCCCN)C(=O)N(C)C1C(=O)NC(N)C(=O)NC(C(=O)O)Cc2ccc(O)c(c2)-c2cc1ccc2O. The highest BCUT2D eigenvalue weighted by Gasteiger charge is 2.36. The second kappa shape index (κ2) is 18.0. The Morgan fingerprint density at radius 3 is 2.27 bits per heavy atom. The first kappa shape index (κ1) is 37.8. The number of phenols is 2. The van der Waals surface area contributed by atoms with E-state index in [1.165, 1.54) is 43.4 Å². The molecule has 0 radical (unpaired) electrons. The van der Waals surface area contributed by atoms with Crippen molar-refractivity contribution >= 4 is 29.6 Å². The van der Waals surface area contributed by atoms with Crippen molar-refractivity contribution < 1.29 is 39.3 Å². The van der Waals surface area contributed by atoms with E-state index in [4.69, 9.17) is 11.5 Å². The minimum Gasteiger partial charge on any atom is -0.507 e. The molecule has 0 saturated carbocycles. The average Bonchev–Trinajstić information content (AvgIpc) is 3.04. The lowest BCUT2D eigenvalue weighted by molar-refractivity contribution is -0.144. The summed E-state index contributed by atoms with van der Waals surface area (Å²) < 4.78 is 0. The lowest BCUT2D eigenvalue weighted by Crippen LogP contribution is -2.58. The van der Waals surface area contributed by atoms with Gasteiger partial charge in [0.2, 0.25) is 17.7 Å². The summed E-state index contributed by atoms with van der Waals surface area (Å²) in [5, 5.41) is 38.9. The van der Waals surface area contributed by atoms with Crippen LogP contribution in [0.5, 0.6) is 11.5 Å². The van der Waals surface area contributed by atoms with Crippen molar-refractivity contribution in [3.8, 4) is 22.6 Å². The van der Waals surface area contributed by atoms with E-state index in [0.29, 0.717) is 31.4 Å². The number of carboxylic acid groups (broad SMARTS) is 1. The van der Waals surface area contributed by atoms with Gasteiger partial charge in [-0.1, -0.05) is 44.7 Å². The second-order valence-electron chi connectivity index (χ2n) is 12.1. The summed E-state index contributed by atoms with van der Waals surface area (Å²) in [7, 11) is 1.37. The summed E-state index contributed by atoms with van der Waals surface area (Å²) in [6.07, 6.45) is 4.47. The molecular formula is C34H48N6O8. The number of carbonyl (C=O) groups is 5. The number of nitrogens with one attached hydrogen (secondary N) is 3. The van der Waals surface area contributed by atoms with E-state index in [-0.39, 0.29) is 53.4 Å². The topological polar surface area (TPSA) is 237 Å². The van der Waals surface area contributed by atoms with Crippen LogP contribution in [0, 0.1) is 0 Å². The number of phenolic OH excluding ortho intramolecular Hbond substituents is 2. The first-order chi connectivity index (χ1) is 22.9. The lowest BCUT2D eigenvalue weighted by atomic mass is 9.93. The Bertz CT molecular complexity index is 1470. The smallest absolute Gasteiger partial charge is 0.326 e. The number of nitrogens with two attached hydrogens (primary N) is 2. The third-order valence-electron chi connectivity index (χ3n) is 8.39. The first-order valence-corrected chi connectivity index (χ1v) is 16.4.